The van der Waals surface area contributed by atoms with Gasteiger partial charge in [0.05, 0.1) is 13.7 Å². The van der Waals surface area contributed by atoms with E-state index in [9.17, 15) is 4.79 Å². The van der Waals surface area contributed by atoms with Gasteiger partial charge in [0.1, 0.15) is 5.75 Å². The van der Waals surface area contributed by atoms with Crippen LogP contribution in [0.2, 0.25) is 0 Å². The molecule has 122 valence electrons. The Morgan fingerprint density at radius 2 is 1.87 bits per heavy atom. The second-order valence-electron chi connectivity index (χ2n) is 5.83. The van der Waals surface area contributed by atoms with Gasteiger partial charge >= 0.3 is 0 Å². The number of hydrogen-bond donors (Lipinski definition) is 1. The van der Waals surface area contributed by atoms with Crippen molar-refractivity contribution < 1.29 is 9.53 Å². The molecule has 0 unspecified atom stereocenters. The highest BCUT2D eigenvalue weighted by Gasteiger charge is 2.10. The molecule has 0 saturated carbocycles. The molecule has 23 heavy (non-hydrogen) atoms. The fourth-order valence-electron chi connectivity index (χ4n) is 2.45. The van der Waals surface area contributed by atoms with Crippen LogP contribution in [0.25, 0.3) is 0 Å². The summed E-state index contributed by atoms with van der Waals surface area (Å²) in [5.41, 5.74) is 4.29. The van der Waals surface area contributed by atoms with Crippen molar-refractivity contribution in [3.05, 3.63) is 59.2 Å². The molecule has 0 radical (unpaired) electrons. The van der Waals surface area contributed by atoms with Gasteiger partial charge in [0.15, 0.2) is 0 Å². The molecule has 0 bridgehead atoms. The van der Waals surface area contributed by atoms with E-state index in [1.165, 1.54) is 11.1 Å². The molecule has 0 spiro atoms. The molecular formula is C19H24N2O2. The summed E-state index contributed by atoms with van der Waals surface area (Å²) < 4.78 is 5.34. The van der Waals surface area contributed by atoms with Gasteiger partial charge in [-0.15, -0.1) is 0 Å². The highest BCUT2D eigenvalue weighted by atomic mass is 16.5. The topological polar surface area (TPSA) is 41.6 Å². The van der Waals surface area contributed by atoms with E-state index in [0.29, 0.717) is 13.1 Å². The number of nitrogens with one attached hydrogen (secondary N) is 1. The first-order valence-electron chi connectivity index (χ1n) is 7.67. The number of likely N-dealkylation sites (N-methyl/N-ethyl adjacent to an activating group) is 1. The number of carbonyl (C=O) groups excluding carboxylic acids is 1. The Balaban J connectivity index is 1.93. The van der Waals surface area contributed by atoms with Crippen molar-refractivity contribution >= 4 is 11.6 Å². The van der Waals surface area contributed by atoms with Gasteiger partial charge in [0.25, 0.3) is 0 Å². The zero-order valence-electron chi connectivity index (χ0n) is 14.2. The van der Waals surface area contributed by atoms with Crippen LogP contribution in [0.3, 0.4) is 0 Å². The van der Waals surface area contributed by atoms with Gasteiger partial charge in [-0.2, -0.15) is 0 Å². The number of carbonyl (C=O) groups is 1. The van der Waals surface area contributed by atoms with Gasteiger partial charge in [-0.1, -0.05) is 24.3 Å². The Bertz CT molecular complexity index is 683. The molecule has 0 aliphatic rings. The number of nitrogens with zero attached hydrogens (tertiary/aromatic N) is 1. The number of ether oxygens (including phenoxy) is 1. The first kappa shape index (κ1) is 17.0. The van der Waals surface area contributed by atoms with Crippen molar-refractivity contribution in [3.8, 4) is 5.75 Å². The van der Waals surface area contributed by atoms with Gasteiger partial charge in [0.2, 0.25) is 5.91 Å². The van der Waals surface area contributed by atoms with Gasteiger partial charge in [-0.3, -0.25) is 9.69 Å². The number of hydrogen-bond acceptors (Lipinski definition) is 3. The highest BCUT2D eigenvalue weighted by molar-refractivity contribution is 5.92. The van der Waals surface area contributed by atoms with E-state index >= 15 is 0 Å². The summed E-state index contributed by atoms with van der Waals surface area (Å²) >= 11 is 0. The summed E-state index contributed by atoms with van der Waals surface area (Å²) in [7, 11) is 3.58. The van der Waals surface area contributed by atoms with Crippen molar-refractivity contribution in [3.63, 3.8) is 0 Å². The van der Waals surface area contributed by atoms with Crippen LogP contribution in [0.5, 0.6) is 5.75 Å². The standard InChI is InChI=1S/C19H24N2O2/c1-14-9-10-17(11-15(14)2)20-19(22)13-21(3)12-16-7-5-6-8-18(16)23-4/h5-11H,12-13H2,1-4H3,(H,20,22). The SMILES string of the molecule is COc1ccccc1CN(C)CC(=O)Nc1ccc(C)c(C)c1. The number of rotatable bonds is 6. The normalized spacial score (nSPS) is 10.7. The fourth-order valence-corrected chi connectivity index (χ4v) is 2.45. The van der Waals surface area contributed by atoms with E-state index in [1.54, 1.807) is 7.11 Å². The molecule has 0 saturated heterocycles. The van der Waals surface area contributed by atoms with Crippen LogP contribution >= 0.6 is 0 Å². The molecule has 4 heteroatoms. The quantitative estimate of drug-likeness (QED) is 0.889. The van der Waals surface area contributed by atoms with Crippen molar-refractivity contribution in [2.24, 2.45) is 0 Å². The van der Waals surface area contributed by atoms with E-state index in [-0.39, 0.29) is 5.91 Å². The average Bonchev–Trinajstić information content (AvgIpc) is 2.51. The summed E-state index contributed by atoms with van der Waals surface area (Å²) in [6.07, 6.45) is 0. The van der Waals surface area contributed by atoms with Gasteiger partial charge in [-0.25, -0.2) is 0 Å². The third-order valence-electron chi connectivity index (χ3n) is 3.84. The van der Waals surface area contributed by atoms with Crippen LogP contribution < -0.4 is 10.1 Å². The van der Waals surface area contributed by atoms with Crippen LogP contribution in [0, 0.1) is 13.8 Å². The zero-order valence-corrected chi connectivity index (χ0v) is 14.2. The van der Waals surface area contributed by atoms with Crippen LogP contribution in [0.1, 0.15) is 16.7 Å². The van der Waals surface area contributed by atoms with E-state index in [1.807, 2.05) is 61.3 Å². The lowest BCUT2D eigenvalue weighted by atomic mass is 10.1. The largest absolute Gasteiger partial charge is 0.496 e. The van der Waals surface area contributed by atoms with Gasteiger partial charge in [-0.05, 0) is 50.2 Å². The number of amides is 1. The number of para-hydroxylation sites is 1. The third-order valence-corrected chi connectivity index (χ3v) is 3.84. The number of anilines is 1. The minimum absolute atomic E-state index is 0.0225. The maximum atomic E-state index is 12.2. The molecule has 2 rings (SSSR count). The molecule has 0 aromatic heterocycles. The molecular weight excluding hydrogens is 288 g/mol. The number of aryl methyl sites for hydroxylation is 2. The molecule has 1 amide bonds. The van der Waals surface area contributed by atoms with E-state index < -0.39 is 0 Å². The van der Waals surface area contributed by atoms with Crippen molar-refractivity contribution in [2.75, 3.05) is 26.0 Å². The number of methoxy groups -OCH3 is 1. The lowest BCUT2D eigenvalue weighted by molar-refractivity contribution is -0.117. The number of benzene rings is 2. The Labute approximate surface area is 138 Å². The van der Waals surface area contributed by atoms with E-state index in [0.717, 1.165) is 17.0 Å². The minimum Gasteiger partial charge on any atom is -0.496 e. The van der Waals surface area contributed by atoms with Crippen LogP contribution in [0.15, 0.2) is 42.5 Å². The highest BCUT2D eigenvalue weighted by Crippen LogP contribution is 2.19. The summed E-state index contributed by atoms with van der Waals surface area (Å²) in [6, 6.07) is 13.8. The first-order chi connectivity index (χ1) is 11.0. The predicted molar refractivity (Wildman–Crippen MR) is 93.9 cm³/mol. The molecule has 4 nitrogen and oxygen atoms in total. The summed E-state index contributed by atoms with van der Waals surface area (Å²) in [5, 5.41) is 2.94. The fraction of sp³-hybridized carbons (Fsp3) is 0.316. The molecule has 0 aliphatic heterocycles. The maximum Gasteiger partial charge on any atom is 0.238 e. The molecule has 2 aromatic rings. The molecule has 0 aliphatic carbocycles. The van der Waals surface area contributed by atoms with Crippen molar-refractivity contribution in [1.82, 2.24) is 4.90 Å². The van der Waals surface area contributed by atoms with Gasteiger partial charge < -0.3 is 10.1 Å². The Morgan fingerprint density at radius 1 is 1.13 bits per heavy atom. The lowest BCUT2D eigenvalue weighted by Crippen LogP contribution is -2.30. The van der Waals surface area contributed by atoms with Gasteiger partial charge in [0, 0.05) is 17.8 Å². The van der Waals surface area contributed by atoms with E-state index in [2.05, 4.69) is 12.2 Å². The monoisotopic (exact) mass is 312 g/mol. The Kier molecular flexibility index (Phi) is 5.77. The van der Waals surface area contributed by atoms with E-state index in [4.69, 9.17) is 4.74 Å². The van der Waals surface area contributed by atoms with Crippen molar-refractivity contribution in [1.29, 1.82) is 0 Å². The molecule has 0 heterocycles. The summed E-state index contributed by atoms with van der Waals surface area (Å²) in [6.45, 7) is 5.08. The van der Waals surface area contributed by atoms with Crippen LogP contribution in [-0.4, -0.2) is 31.5 Å². The second kappa shape index (κ2) is 7.79. The Morgan fingerprint density at radius 3 is 2.57 bits per heavy atom. The molecule has 1 N–H and O–H groups in total. The molecule has 2 aromatic carbocycles. The second-order valence-corrected chi connectivity index (χ2v) is 5.83. The average molecular weight is 312 g/mol. The molecule has 0 atom stereocenters. The van der Waals surface area contributed by atoms with Crippen LogP contribution in [0.4, 0.5) is 5.69 Å². The summed E-state index contributed by atoms with van der Waals surface area (Å²) in [4.78, 5) is 14.1. The predicted octanol–water partition coefficient (Wildman–Crippen LogP) is 3.38. The summed E-state index contributed by atoms with van der Waals surface area (Å²) in [5.74, 6) is 0.819. The Hall–Kier alpha value is -2.33. The zero-order chi connectivity index (χ0) is 16.8. The minimum atomic E-state index is -0.0225. The maximum absolute atomic E-state index is 12.2. The van der Waals surface area contributed by atoms with Crippen LogP contribution in [-0.2, 0) is 11.3 Å². The first-order valence-corrected chi connectivity index (χ1v) is 7.67. The molecule has 0 fully saturated rings. The smallest absolute Gasteiger partial charge is 0.238 e. The van der Waals surface area contributed by atoms with Crippen molar-refractivity contribution in [2.45, 2.75) is 20.4 Å². The lowest BCUT2D eigenvalue weighted by Gasteiger charge is -2.18. The third kappa shape index (κ3) is 4.83.